The van der Waals surface area contributed by atoms with Gasteiger partial charge in [0.1, 0.15) is 23.0 Å². The van der Waals surface area contributed by atoms with Gasteiger partial charge in [-0.2, -0.15) is 5.10 Å². The molecular formula is C18H19F2N3O4. The Morgan fingerprint density at radius 1 is 1.26 bits per heavy atom. The van der Waals surface area contributed by atoms with Crippen molar-refractivity contribution in [3.05, 3.63) is 46.7 Å². The SMILES string of the molecule is Cc1nn(C2CCOCC2)c(N)c1C(=O)OCC(=O)c1c(F)cccc1F. The lowest BCUT2D eigenvalue weighted by Crippen LogP contribution is -2.22. The van der Waals surface area contributed by atoms with E-state index in [2.05, 4.69) is 5.10 Å². The number of rotatable bonds is 5. The highest BCUT2D eigenvalue weighted by Crippen LogP contribution is 2.27. The van der Waals surface area contributed by atoms with Crippen LogP contribution in [0.5, 0.6) is 0 Å². The third-order valence-electron chi connectivity index (χ3n) is 4.44. The lowest BCUT2D eigenvalue weighted by Gasteiger charge is -2.23. The molecule has 1 aromatic carbocycles. The third kappa shape index (κ3) is 3.82. The minimum atomic E-state index is -1.01. The average molecular weight is 379 g/mol. The Labute approximate surface area is 154 Å². The van der Waals surface area contributed by atoms with E-state index in [0.29, 0.717) is 31.7 Å². The van der Waals surface area contributed by atoms with Gasteiger partial charge in [-0.05, 0) is 31.9 Å². The largest absolute Gasteiger partial charge is 0.454 e. The molecule has 1 aliphatic rings. The van der Waals surface area contributed by atoms with Crippen molar-refractivity contribution in [2.24, 2.45) is 0 Å². The number of hydrogen-bond donors (Lipinski definition) is 1. The second-order valence-electron chi connectivity index (χ2n) is 6.23. The highest BCUT2D eigenvalue weighted by Gasteiger charge is 2.27. The van der Waals surface area contributed by atoms with Crippen LogP contribution in [0.1, 0.15) is 45.3 Å². The molecular weight excluding hydrogens is 360 g/mol. The fraction of sp³-hybridized carbons (Fsp3) is 0.389. The summed E-state index contributed by atoms with van der Waals surface area (Å²) in [7, 11) is 0. The molecule has 0 saturated carbocycles. The Bertz CT molecular complexity index is 855. The minimum absolute atomic E-state index is 0.00754. The zero-order valence-corrected chi connectivity index (χ0v) is 14.7. The molecule has 0 unspecified atom stereocenters. The quantitative estimate of drug-likeness (QED) is 0.633. The van der Waals surface area contributed by atoms with Crippen molar-refractivity contribution in [1.29, 1.82) is 0 Å². The zero-order chi connectivity index (χ0) is 19.6. The molecule has 0 atom stereocenters. The summed E-state index contributed by atoms with van der Waals surface area (Å²) in [6, 6.07) is 3.06. The van der Waals surface area contributed by atoms with E-state index in [1.807, 2.05) is 0 Å². The maximum absolute atomic E-state index is 13.6. The number of halogens is 2. The Morgan fingerprint density at radius 2 is 1.89 bits per heavy atom. The predicted octanol–water partition coefficient (Wildman–Crippen LogP) is 2.44. The number of esters is 1. The molecule has 2 aromatic rings. The first-order valence-corrected chi connectivity index (χ1v) is 8.46. The first-order chi connectivity index (χ1) is 12.9. The average Bonchev–Trinajstić information content (AvgIpc) is 2.94. The van der Waals surface area contributed by atoms with Gasteiger partial charge in [-0.15, -0.1) is 0 Å². The maximum Gasteiger partial charge on any atom is 0.344 e. The van der Waals surface area contributed by atoms with Crippen molar-refractivity contribution < 1.29 is 27.8 Å². The molecule has 1 aliphatic heterocycles. The lowest BCUT2D eigenvalue weighted by atomic mass is 10.1. The number of ketones is 1. The second-order valence-corrected chi connectivity index (χ2v) is 6.23. The van der Waals surface area contributed by atoms with Crippen molar-refractivity contribution in [2.45, 2.75) is 25.8 Å². The number of ether oxygens (including phenoxy) is 2. The van der Waals surface area contributed by atoms with Crippen LogP contribution >= 0.6 is 0 Å². The van der Waals surface area contributed by atoms with Gasteiger partial charge in [0.05, 0.1) is 17.3 Å². The fourth-order valence-corrected chi connectivity index (χ4v) is 3.07. The van der Waals surface area contributed by atoms with Crippen LogP contribution in [0.4, 0.5) is 14.6 Å². The van der Waals surface area contributed by atoms with E-state index >= 15 is 0 Å². The Balaban J connectivity index is 1.73. The molecule has 0 amide bonds. The summed E-state index contributed by atoms with van der Waals surface area (Å²) < 4.78 is 39.1. The van der Waals surface area contributed by atoms with Crippen LogP contribution in [-0.4, -0.2) is 41.4 Å². The summed E-state index contributed by atoms with van der Waals surface area (Å²) in [5.41, 5.74) is 5.71. The molecule has 27 heavy (non-hydrogen) atoms. The first kappa shape index (κ1) is 19.0. The van der Waals surface area contributed by atoms with Crippen LogP contribution in [0.15, 0.2) is 18.2 Å². The van der Waals surface area contributed by atoms with Crippen molar-refractivity contribution >= 4 is 17.6 Å². The summed E-state index contributed by atoms with van der Waals surface area (Å²) in [5, 5.41) is 4.30. The maximum atomic E-state index is 13.6. The number of hydrogen-bond acceptors (Lipinski definition) is 6. The Morgan fingerprint density at radius 3 is 2.52 bits per heavy atom. The number of aromatic nitrogens is 2. The molecule has 0 bridgehead atoms. The predicted molar refractivity (Wildman–Crippen MR) is 91.4 cm³/mol. The Hall–Kier alpha value is -2.81. The molecule has 2 N–H and O–H groups in total. The number of benzene rings is 1. The first-order valence-electron chi connectivity index (χ1n) is 8.46. The number of anilines is 1. The van der Waals surface area contributed by atoms with Crippen LogP contribution in [0.25, 0.3) is 0 Å². The minimum Gasteiger partial charge on any atom is -0.454 e. The van der Waals surface area contributed by atoms with Crippen molar-refractivity contribution in [3.8, 4) is 0 Å². The van der Waals surface area contributed by atoms with E-state index < -0.39 is 35.6 Å². The summed E-state index contributed by atoms with van der Waals surface area (Å²) >= 11 is 0. The highest BCUT2D eigenvalue weighted by molar-refractivity contribution is 6.01. The monoisotopic (exact) mass is 379 g/mol. The number of aryl methyl sites for hydroxylation is 1. The van der Waals surface area contributed by atoms with Gasteiger partial charge < -0.3 is 15.2 Å². The molecule has 0 radical (unpaired) electrons. The fourth-order valence-electron chi connectivity index (χ4n) is 3.07. The van der Waals surface area contributed by atoms with Gasteiger partial charge in [-0.3, -0.25) is 4.79 Å². The molecule has 9 heteroatoms. The van der Waals surface area contributed by atoms with Gasteiger partial charge in [0.2, 0.25) is 5.78 Å². The normalized spacial score (nSPS) is 14.9. The molecule has 2 heterocycles. The van der Waals surface area contributed by atoms with E-state index in [1.165, 1.54) is 0 Å². The van der Waals surface area contributed by atoms with Gasteiger partial charge in [0.25, 0.3) is 0 Å². The topological polar surface area (TPSA) is 96.4 Å². The molecule has 7 nitrogen and oxygen atoms in total. The standard InChI is InChI=1S/C18H19F2N3O4/c1-10-15(17(21)23(22-10)11-5-7-26-8-6-11)18(25)27-9-14(24)16-12(19)3-2-4-13(16)20/h2-4,11H,5-9,21H2,1H3. The molecule has 1 aromatic heterocycles. The molecule has 1 fully saturated rings. The van der Waals surface area contributed by atoms with Crippen molar-refractivity contribution in [3.63, 3.8) is 0 Å². The highest BCUT2D eigenvalue weighted by atomic mass is 19.1. The number of carbonyl (C=O) groups excluding carboxylic acids is 2. The van der Waals surface area contributed by atoms with Gasteiger partial charge in [0, 0.05) is 13.2 Å². The summed E-state index contributed by atoms with van der Waals surface area (Å²) in [4.78, 5) is 24.4. The van der Waals surface area contributed by atoms with Crippen LogP contribution in [0.3, 0.4) is 0 Å². The zero-order valence-electron chi connectivity index (χ0n) is 14.7. The molecule has 3 rings (SSSR count). The number of carbonyl (C=O) groups is 2. The van der Waals surface area contributed by atoms with E-state index in [9.17, 15) is 18.4 Å². The molecule has 0 spiro atoms. The molecule has 0 aliphatic carbocycles. The van der Waals surface area contributed by atoms with Gasteiger partial charge in [-0.25, -0.2) is 18.3 Å². The van der Waals surface area contributed by atoms with Crippen LogP contribution in [0.2, 0.25) is 0 Å². The number of nitrogens with two attached hydrogens (primary N) is 1. The smallest absolute Gasteiger partial charge is 0.344 e. The van der Waals surface area contributed by atoms with Gasteiger partial charge in [-0.1, -0.05) is 6.07 Å². The Kier molecular flexibility index (Phi) is 5.50. The lowest BCUT2D eigenvalue weighted by molar-refractivity contribution is 0.0472. The summed E-state index contributed by atoms with van der Waals surface area (Å²) in [6.45, 7) is 1.94. The molecule has 144 valence electrons. The summed E-state index contributed by atoms with van der Waals surface area (Å²) in [5.74, 6) is -3.74. The number of Topliss-reactive ketones (excluding diaryl/α,β-unsaturated/α-hetero) is 1. The number of nitrogens with zero attached hydrogens (tertiary/aromatic N) is 2. The van der Waals surface area contributed by atoms with Crippen molar-refractivity contribution in [2.75, 3.05) is 25.6 Å². The second kappa shape index (κ2) is 7.83. The van der Waals surface area contributed by atoms with Gasteiger partial charge >= 0.3 is 5.97 Å². The van der Waals surface area contributed by atoms with E-state index in [-0.39, 0.29) is 17.4 Å². The number of nitrogen functional groups attached to an aromatic ring is 1. The molecule has 1 saturated heterocycles. The van der Waals surface area contributed by atoms with Crippen LogP contribution in [0, 0.1) is 18.6 Å². The van der Waals surface area contributed by atoms with Crippen LogP contribution < -0.4 is 5.73 Å². The summed E-state index contributed by atoms with van der Waals surface area (Å²) in [6.07, 6.45) is 1.43. The van der Waals surface area contributed by atoms with E-state index in [1.54, 1.807) is 11.6 Å². The van der Waals surface area contributed by atoms with Crippen molar-refractivity contribution in [1.82, 2.24) is 9.78 Å². The van der Waals surface area contributed by atoms with Crippen LogP contribution in [-0.2, 0) is 9.47 Å². The van der Waals surface area contributed by atoms with E-state index in [4.69, 9.17) is 15.2 Å². The van der Waals surface area contributed by atoms with E-state index in [0.717, 1.165) is 18.2 Å². The third-order valence-corrected chi connectivity index (χ3v) is 4.44. The van der Waals surface area contributed by atoms with Gasteiger partial charge in [0.15, 0.2) is 6.61 Å².